The molecule has 0 saturated heterocycles. The zero-order chi connectivity index (χ0) is 7.11. The van der Waals surface area contributed by atoms with Gasteiger partial charge in [-0.2, -0.15) is 0 Å². The van der Waals surface area contributed by atoms with Gasteiger partial charge >= 0.3 is 0 Å². The number of rotatable bonds is 4. The van der Waals surface area contributed by atoms with Crippen LogP contribution in [-0.2, 0) is 9.53 Å². The molecule has 0 atom stereocenters. The predicted octanol–water partition coefficient (Wildman–Crippen LogP) is -0.945. The number of nitrogens with two attached hydrogens (primary N) is 1. The lowest BCUT2D eigenvalue weighted by Crippen LogP contribution is -2.29. The maximum absolute atomic E-state index is 10.5. The molecule has 0 aromatic heterocycles. The van der Waals surface area contributed by atoms with Gasteiger partial charge in [0.2, 0.25) is 5.91 Å². The van der Waals surface area contributed by atoms with Crippen molar-refractivity contribution in [3.05, 3.63) is 0 Å². The van der Waals surface area contributed by atoms with Crippen LogP contribution in [0.25, 0.3) is 0 Å². The predicted molar refractivity (Wildman–Crippen MR) is 33.7 cm³/mol. The fourth-order valence-corrected chi connectivity index (χ4v) is 0.397. The lowest BCUT2D eigenvalue weighted by atomic mass is 10.4. The van der Waals surface area contributed by atoms with Gasteiger partial charge in [-0.3, -0.25) is 4.79 Å². The van der Waals surface area contributed by atoms with Crippen LogP contribution in [0.4, 0.5) is 0 Å². The Morgan fingerprint density at radius 1 is 1.78 bits per heavy atom. The molecule has 0 unspecified atom stereocenters. The average Bonchev–Trinajstić information content (AvgIpc) is 1.85. The van der Waals surface area contributed by atoms with Crippen molar-refractivity contribution in [2.75, 3.05) is 20.4 Å². The highest BCUT2D eigenvalue weighted by Crippen LogP contribution is 1.77. The van der Waals surface area contributed by atoms with Crippen molar-refractivity contribution in [3.8, 4) is 0 Å². The summed E-state index contributed by atoms with van der Waals surface area (Å²) in [5, 5.41) is 2.44. The minimum absolute atomic E-state index is 0.0700. The molecule has 0 spiro atoms. The molecule has 0 heterocycles. The van der Waals surface area contributed by atoms with Crippen molar-refractivity contribution in [3.63, 3.8) is 0 Å². The van der Waals surface area contributed by atoms with Crippen molar-refractivity contribution < 1.29 is 9.53 Å². The molecular weight excluding hydrogens is 120 g/mol. The van der Waals surface area contributed by atoms with Crippen LogP contribution in [0.1, 0.15) is 6.42 Å². The molecule has 0 aliphatic heterocycles. The van der Waals surface area contributed by atoms with Crippen LogP contribution >= 0.6 is 0 Å². The summed E-state index contributed by atoms with van der Waals surface area (Å²) in [6.07, 6.45) is 0.383. The van der Waals surface area contributed by atoms with Gasteiger partial charge in [-0.05, 0) is 0 Å². The molecule has 1 amide bonds. The monoisotopic (exact) mass is 132 g/mol. The number of nitrogens with one attached hydrogen (secondary N) is 1. The van der Waals surface area contributed by atoms with Gasteiger partial charge in [0.05, 0.1) is 13.3 Å². The van der Waals surface area contributed by atoms with Gasteiger partial charge in [0.25, 0.3) is 0 Å². The Labute approximate surface area is 54.4 Å². The fraction of sp³-hybridized carbons (Fsp3) is 0.800. The van der Waals surface area contributed by atoms with Gasteiger partial charge < -0.3 is 15.8 Å². The lowest BCUT2D eigenvalue weighted by molar-refractivity contribution is -0.121. The molecule has 0 fully saturated rings. The van der Waals surface area contributed by atoms with Gasteiger partial charge in [0.1, 0.15) is 0 Å². The first-order valence-corrected chi connectivity index (χ1v) is 2.77. The molecule has 0 aliphatic carbocycles. The first kappa shape index (κ1) is 8.39. The third-order valence-electron chi connectivity index (χ3n) is 0.832. The highest BCUT2D eigenvalue weighted by Gasteiger charge is 1.95. The number of ether oxygens (including phenoxy) is 1. The van der Waals surface area contributed by atoms with Crippen molar-refractivity contribution in [2.24, 2.45) is 5.73 Å². The number of hydrogen-bond acceptors (Lipinski definition) is 3. The van der Waals surface area contributed by atoms with E-state index >= 15 is 0 Å². The van der Waals surface area contributed by atoms with Crippen molar-refractivity contribution >= 4 is 5.91 Å². The number of carbonyl (C=O) groups excluding carboxylic acids is 1. The smallest absolute Gasteiger partial charge is 0.223 e. The second kappa shape index (κ2) is 5.53. The van der Waals surface area contributed by atoms with E-state index in [0.29, 0.717) is 13.0 Å². The van der Waals surface area contributed by atoms with Gasteiger partial charge in [-0.15, -0.1) is 0 Å². The lowest BCUT2D eigenvalue weighted by Gasteiger charge is -1.98. The summed E-state index contributed by atoms with van der Waals surface area (Å²) in [6, 6.07) is 0. The molecule has 0 saturated carbocycles. The Bertz CT molecular complexity index is 85.0. The Morgan fingerprint density at radius 3 is 2.89 bits per heavy atom. The molecule has 0 rings (SSSR count). The number of methoxy groups -OCH3 is 1. The molecule has 4 nitrogen and oxygen atoms in total. The zero-order valence-electron chi connectivity index (χ0n) is 5.52. The number of carbonyl (C=O) groups is 1. The first-order valence-electron chi connectivity index (χ1n) is 2.77. The molecule has 0 aromatic carbocycles. The molecule has 0 bridgehead atoms. The van der Waals surface area contributed by atoms with Crippen LogP contribution in [0, 0.1) is 0 Å². The van der Waals surface area contributed by atoms with Crippen molar-refractivity contribution in [1.29, 1.82) is 0 Å². The standard InChI is InChI=1S/C5H12N2O2/c1-9-3-2-5(8)7-4-6/h2-4,6H2,1H3,(H,7,8). The average molecular weight is 132 g/mol. The maximum atomic E-state index is 10.5. The summed E-state index contributed by atoms with van der Waals surface area (Å²) in [5.74, 6) is -0.0700. The molecule has 54 valence electrons. The summed E-state index contributed by atoms with van der Waals surface area (Å²) in [7, 11) is 1.55. The molecule has 9 heavy (non-hydrogen) atoms. The fourth-order valence-electron chi connectivity index (χ4n) is 0.397. The van der Waals surface area contributed by atoms with Gasteiger partial charge in [0, 0.05) is 13.5 Å². The van der Waals surface area contributed by atoms with E-state index in [1.165, 1.54) is 0 Å². The Kier molecular flexibility index (Phi) is 5.15. The second-order valence-corrected chi connectivity index (χ2v) is 1.55. The third-order valence-corrected chi connectivity index (χ3v) is 0.832. The number of amides is 1. The highest BCUT2D eigenvalue weighted by molar-refractivity contribution is 5.75. The Morgan fingerprint density at radius 2 is 2.44 bits per heavy atom. The molecule has 0 radical (unpaired) electrons. The minimum Gasteiger partial charge on any atom is -0.384 e. The molecule has 0 aromatic rings. The summed E-state index contributed by atoms with van der Waals surface area (Å²) in [4.78, 5) is 10.5. The van der Waals surface area contributed by atoms with Crippen LogP contribution in [0.15, 0.2) is 0 Å². The second-order valence-electron chi connectivity index (χ2n) is 1.55. The van der Waals surface area contributed by atoms with E-state index in [1.807, 2.05) is 0 Å². The topological polar surface area (TPSA) is 64.3 Å². The molecule has 4 heteroatoms. The number of hydrogen-bond donors (Lipinski definition) is 2. The SMILES string of the molecule is COCCC(=O)NCN. The summed E-state index contributed by atoms with van der Waals surface area (Å²) >= 11 is 0. The van der Waals surface area contributed by atoms with Gasteiger partial charge in [-0.1, -0.05) is 0 Å². The van der Waals surface area contributed by atoms with E-state index in [0.717, 1.165) is 0 Å². The van der Waals surface area contributed by atoms with Crippen LogP contribution in [0.5, 0.6) is 0 Å². The molecular formula is C5H12N2O2. The van der Waals surface area contributed by atoms with E-state index in [-0.39, 0.29) is 12.6 Å². The summed E-state index contributed by atoms with van der Waals surface area (Å²) in [5.41, 5.74) is 5.03. The third kappa shape index (κ3) is 5.26. The molecule has 0 aliphatic rings. The molecule has 3 N–H and O–H groups in total. The Hall–Kier alpha value is -0.610. The highest BCUT2D eigenvalue weighted by atomic mass is 16.5. The first-order chi connectivity index (χ1) is 4.31. The van der Waals surface area contributed by atoms with E-state index in [2.05, 4.69) is 10.1 Å². The van der Waals surface area contributed by atoms with Gasteiger partial charge in [0.15, 0.2) is 0 Å². The van der Waals surface area contributed by atoms with Crippen LogP contribution in [0.3, 0.4) is 0 Å². The van der Waals surface area contributed by atoms with Crippen LogP contribution in [-0.4, -0.2) is 26.3 Å². The summed E-state index contributed by atoms with van der Waals surface area (Å²) in [6.45, 7) is 0.647. The normalized spacial score (nSPS) is 9.11. The quantitative estimate of drug-likeness (QED) is 0.485. The van der Waals surface area contributed by atoms with Crippen molar-refractivity contribution in [2.45, 2.75) is 6.42 Å². The Balaban J connectivity index is 3.06. The maximum Gasteiger partial charge on any atom is 0.223 e. The van der Waals surface area contributed by atoms with E-state index < -0.39 is 0 Å². The van der Waals surface area contributed by atoms with Gasteiger partial charge in [-0.25, -0.2) is 0 Å². The van der Waals surface area contributed by atoms with Crippen LogP contribution < -0.4 is 11.1 Å². The van der Waals surface area contributed by atoms with Crippen LogP contribution in [0.2, 0.25) is 0 Å². The summed E-state index contributed by atoms with van der Waals surface area (Å²) < 4.78 is 4.66. The van der Waals surface area contributed by atoms with E-state index in [9.17, 15) is 4.79 Å². The zero-order valence-corrected chi connectivity index (χ0v) is 5.52. The largest absolute Gasteiger partial charge is 0.384 e. The van der Waals surface area contributed by atoms with Crippen molar-refractivity contribution in [1.82, 2.24) is 5.32 Å². The minimum atomic E-state index is -0.0700. The van der Waals surface area contributed by atoms with E-state index in [4.69, 9.17) is 5.73 Å². The van der Waals surface area contributed by atoms with E-state index in [1.54, 1.807) is 7.11 Å².